The van der Waals surface area contributed by atoms with Crippen molar-refractivity contribution in [1.29, 1.82) is 0 Å². The minimum absolute atomic E-state index is 0.0797. The van der Waals surface area contributed by atoms with Gasteiger partial charge in [0.2, 0.25) is 5.82 Å². The molecule has 0 bridgehead atoms. The van der Waals surface area contributed by atoms with E-state index in [1.54, 1.807) is 24.3 Å². The summed E-state index contributed by atoms with van der Waals surface area (Å²) in [4.78, 5) is 16.5. The van der Waals surface area contributed by atoms with E-state index in [0.29, 0.717) is 17.3 Å². The predicted molar refractivity (Wildman–Crippen MR) is 97.7 cm³/mol. The lowest BCUT2D eigenvalue weighted by atomic mass is 10.1. The number of carbonyl (C=O) groups excluding carboxylic acids is 1. The molecule has 0 spiro atoms. The van der Waals surface area contributed by atoms with Crippen molar-refractivity contribution in [3.05, 3.63) is 71.6 Å². The maximum absolute atomic E-state index is 12.1. The maximum atomic E-state index is 12.1. The second-order valence-electron chi connectivity index (χ2n) is 5.91. The third-order valence-electron chi connectivity index (χ3n) is 3.46. The van der Waals surface area contributed by atoms with Crippen LogP contribution in [0.1, 0.15) is 35.7 Å². The van der Waals surface area contributed by atoms with Crippen molar-refractivity contribution in [1.82, 2.24) is 15.5 Å². The molecule has 3 aromatic rings. The van der Waals surface area contributed by atoms with Gasteiger partial charge in [0.05, 0.1) is 0 Å². The van der Waals surface area contributed by atoms with Crippen molar-refractivity contribution >= 4 is 18.1 Å². The fourth-order valence-corrected chi connectivity index (χ4v) is 2.30. The Morgan fingerprint density at radius 2 is 1.88 bits per heavy atom. The summed E-state index contributed by atoms with van der Waals surface area (Å²) in [5, 5.41) is 6.86. The fourth-order valence-electron chi connectivity index (χ4n) is 2.30. The van der Waals surface area contributed by atoms with Crippen molar-refractivity contribution in [2.45, 2.75) is 19.9 Å². The quantitative estimate of drug-likeness (QED) is 0.765. The Hall–Kier alpha value is -3.21. The molecule has 5 nitrogen and oxygen atoms in total. The normalized spacial score (nSPS) is 11.2. The topological polar surface area (TPSA) is 68.0 Å². The molecule has 0 atom stereocenters. The molecular weight excluding hydrogens is 314 g/mol. The van der Waals surface area contributed by atoms with E-state index in [4.69, 9.17) is 4.52 Å². The van der Waals surface area contributed by atoms with Crippen LogP contribution in [0.15, 0.2) is 59.1 Å². The van der Waals surface area contributed by atoms with Crippen LogP contribution in [0.4, 0.5) is 0 Å². The van der Waals surface area contributed by atoms with Crippen molar-refractivity contribution in [3.63, 3.8) is 0 Å². The highest BCUT2D eigenvalue weighted by Crippen LogP contribution is 2.18. The molecule has 3 rings (SSSR count). The van der Waals surface area contributed by atoms with E-state index in [-0.39, 0.29) is 11.9 Å². The molecule has 1 N–H and O–H groups in total. The molecule has 0 radical (unpaired) electrons. The summed E-state index contributed by atoms with van der Waals surface area (Å²) in [6.07, 6.45) is 3.67. The largest absolute Gasteiger partial charge is 0.350 e. The molecular formula is C20H19N3O2. The number of nitrogens with one attached hydrogen (secondary N) is 1. The highest BCUT2D eigenvalue weighted by molar-refractivity contribution is 5.95. The first-order chi connectivity index (χ1) is 12.1. The van der Waals surface area contributed by atoms with Crippen LogP contribution < -0.4 is 5.32 Å². The van der Waals surface area contributed by atoms with Gasteiger partial charge in [0, 0.05) is 23.2 Å². The van der Waals surface area contributed by atoms with Gasteiger partial charge in [-0.15, -0.1) is 0 Å². The second-order valence-corrected chi connectivity index (χ2v) is 5.91. The van der Waals surface area contributed by atoms with Gasteiger partial charge in [0.1, 0.15) is 0 Å². The highest BCUT2D eigenvalue weighted by Gasteiger charge is 2.11. The van der Waals surface area contributed by atoms with E-state index in [2.05, 4.69) is 15.5 Å². The van der Waals surface area contributed by atoms with E-state index >= 15 is 0 Å². The molecule has 0 aliphatic rings. The Morgan fingerprint density at radius 3 is 2.64 bits per heavy atom. The van der Waals surface area contributed by atoms with Crippen molar-refractivity contribution in [3.8, 4) is 11.4 Å². The summed E-state index contributed by atoms with van der Waals surface area (Å²) in [5.74, 6) is 0.743. The van der Waals surface area contributed by atoms with Crippen molar-refractivity contribution < 1.29 is 9.32 Å². The zero-order valence-corrected chi connectivity index (χ0v) is 14.1. The molecule has 25 heavy (non-hydrogen) atoms. The highest BCUT2D eigenvalue weighted by atomic mass is 16.5. The minimum atomic E-state index is -0.121. The summed E-state index contributed by atoms with van der Waals surface area (Å²) in [6, 6.07) is 17.1. The Kier molecular flexibility index (Phi) is 5.04. The molecule has 1 heterocycles. The molecule has 0 saturated carbocycles. The molecule has 0 aliphatic carbocycles. The van der Waals surface area contributed by atoms with Crippen LogP contribution in [0.2, 0.25) is 0 Å². The van der Waals surface area contributed by atoms with Crippen LogP contribution in [0.3, 0.4) is 0 Å². The number of nitrogens with zero attached hydrogens (tertiary/aromatic N) is 2. The van der Waals surface area contributed by atoms with Gasteiger partial charge in [-0.2, -0.15) is 4.98 Å². The van der Waals surface area contributed by atoms with Crippen LogP contribution in [0.25, 0.3) is 23.5 Å². The molecule has 0 unspecified atom stereocenters. The van der Waals surface area contributed by atoms with E-state index in [1.165, 1.54) is 0 Å². The zero-order valence-electron chi connectivity index (χ0n) is 14.1. The van der Waals surface area contributed by atoms with Gasteiger partial charge in [0.25, 0.3) is 11.8 Å². The zero-order chi connectivity index (χ0) is 17.6. The molecule has 2 aromatic carbocycles. The average Bonchev–Trinajstić information content (AvgIpc) is 3.09. The molecule has 126 valence electrons. The van der Waals surface area contributed by atoms with Crippen LogP contribution in [0.5, 0.6) is 0 Å². The molecule has 5 heteroatoms. The molecule has 1 amide bonds. The number of carbonyl (C=O) groups is 1. The van der Waals surface area contributed by atoms with E-state index < -0.39 is 0 Å². The first-order valence-corrected chi connectivity index (χ1v) is 8.10. The summed E-state index contributed by atoms with van der Waals surface area (Å²) in [7, 11) is 0. The summed E-state index contributed by atoms with van der Waals surface area (Å²) >= 11 is 0. The van der Waals surface area contributed by atoms with Gasteiger partial charge in [-0.25, -0.2) is 0 Å². The van der Waals surface area contributed by atoms with Gasteiger partial charge >= 0.3 is 0 Å². The van der Waals surface area contributed by atoms with Crippen LogP contribution >= 0.6 is 0 Å². The lowest BCUT2D eigenvalue weighted by molar-refractivity contribution is 0.0943. The van der Waals surface area contributed by atoms with Gasteiger partial charge in [-0.3, -0.25) is 4.79 Å². The molecule has 0 fully saturated rings. The Labute approximate surface area is 146 Å². The minimum Gasteiger partial charge on any atom is -0.350 e. The lowest BCUT2D eigenvalue weighted by Gasteiger charge is -2.08. The number of benzene rings is 2. The SMILES string of the molecule is CC(C)NC(=O)c1cccc(-c2noc(C=Cc3ccccc3)n2)c1. The second kappa shape index (κ2) is 7.57. The maximum Gasteiger partial charge on any atom is 0.251 e. The first-order valence-electron chi connectivity index (χ1n) is 8.10. The number of hydrogen-bond donors (Lipinski definition) is 1. The van der Waals surface area contributed by atoms with E-state index in [1.807, 2.05) is 56.3 Å². The molecule has 0 aliphatic heterocycles. The Morgan fingerprint density at radius 1 is 1.08 bits per heavy atom. The number of aromatic nitrogens is 2. The molecule has 0 saturated heterocycles. The lowest BCUT2D eigenvalue weighted by Crippen LogP contribution is -2.30. The molecule has 1 aromatic heterocycles. The Balaban J connectivity index is 1.78. The Bertz CT molecular complexity index is 883. The third kappa shape index (κ3) is 4.41. The number of rotatable bonds is 5. The first kappa shape index (κ1) is 16.6. The average molecular weight is 333 g/mol. The van der Waals surface area contributed by atoms with Crippen LogP contribution in [-0.4, -0.2) is 22.1 Å². The van der Waals surface area contributed by atoms with Gasteiger partial charge in [-0.05, 0) is 37.6 Å². The van der Waals surface area contributed by atoms with Gasteiger partial charge in [-0.1, -0.05) is 47.6 Å². The van der Waals surface area contributed by atoms with Gasteiger partial charge < -0.3 is 9.84 Å². The van der Waals surface area contributed by atoms with Crippen molar-refractivity contribution in [2.24, 2.45) is 0 Å². The number of amides is 1. The van der Waals surface area contributed by atoms with Crippen LogP contribution in [-0.2, 0) is 0 Å². The number of hydrogen-bond acceptors (Lipinski definition) is 4. The predicted octanol–water partition coefficient (Wildman–Crippen LogP) is 4.05. The fraction of sp³-hybridized carbons (Fsp3) is 0.150. The monoisotopic (exact) mass is 333 g/mol. The van der Waals surface area contributed by atoms with E-state index in [9.17, 15) is 4.79 Å². The van der Waals surface area contributed by atoms with E-state index in [0.717, 1.165) is 11.1 Å². The summed E-state index contributed by atoms with van der Waals surface area (Å²) in [6.45, 7) is 3.85. The van der Waals surface area contributed by atoms with Crippen LogP contribution in [0, 0.1) is 0 Å². The summed E-state index contributed by atoms with van der Waals surface area (Å²) in [5.41, 5.74) is 2.35. The standard InChI is InChI=1S/C20H19N3O2/c1-14(2)21-20(24)17-10-6-9-16(13-17)19-22-18(25-23-19)12-11-15-7-4-3-5-8-15/h3-14H,1-2H3,(H,21,24). The smallest absolute Gasteiger partial charge is 0.251 e. The van der Waals surface area contributed by atoms with Gasteiger partial charge in [0.15, 0.2) is 0 Å². The third-order valence-corrected chi connectivity index (χ3v) is 3.46. The summed E-state index contributed by atoms with van der Waals surface area (Å²) < 4.78 is 5.26. The van der Waals surface area contributed by atoms with Crippen molar-refractivity contribution in [2.75, 3.05) is 0 Å².